The lowest BCUT2D eigenvalue weighted by molar-refractivity contribution is 0.0377. The van der Waals surface area contributed by atoms with Gasteiger partial charge in [-0.25, -0.2) is 15.0 Å². The molecule has 1 saturated carbocycles. The molecule has 1 aliphatic carbocycles. The molecule has 1 spiro atoms. The quantitative estimate of drug-likeness (QED) is 0.282. The number of aromatic nitrogens is 4. The van der Waals surface area contributed by atoms with Gasteiger partial charge in [0.2, 0.25) is 5.95 Å². The lowest BCUT2D eigenvalue weighted by Crippen LogP contribution is -2.55. The SMILES string of the molecule is CC(C)(C)[S+]([O-])N[C@@H]1c2ccccc2OC12CCN(c1ncc(-c3ccnc(NC4CC4)c3Cl)c3nccn13)CC2. The smallest absolute Gasteiger partial charge is 0.211 e. The molecule has 0 radical (unpaired) electrons. The number of pyridine rings is 1. The van der Waals surface area contributed by atoms with Crippen LogP contribution in [0.2, 0.25) is 5.02 Å². The molecule has 5 heterocycles. The number of hydrogen-bond acceptors (Lipinski definition) is 8. The average Bonchev–Trinajstić information content (AvgIpc) is 3.54. The summed E-state index contributed by atoms with van der Waals surface area (Å²) in [5, 5.41) is 4.00. The Morgan fingerprint density at radius 2 is 1.83 bits per heavy atom. The van der Waals surface area contributed by atoms with Crippen molar-refractivity contribution in [2.24, 2.45) is 0 Å². The Morgan fingerprint density at radius 1 is 1.05 bits per heavy atom. The first-order chi connectivity index (χ1) is 19.7. The van der Waals surface area contributed by atoms with Crippen LogP contribution in [0.25, 0.3) is 16.8 Å². The molecule has 2 atom stereocenters. The van der Waals surface area contributed by atoms with E-state index in [1.165, 1.54) is 0 Å². The first-order valence-corrected chi connectivity index (χ1v) is 15.7. The van der Waals surface area contributed by atoms with E-state index in [0.717, 1.165) is 72.8 Å². The van der Waals surface area contributed by atoms with Gasteiger partial charge in [0.1, 0.15) is 33.6 Å². The summed E-state index contributed by atoms with van der Waals surface area (Å²) in [6.45, 7) is 7.44. The highest BCUT2D eigenvalue weighted by atomic mass is 35.5. The number of hydrogen-bond donors (Lipinski definition) is 2. The summed E-state index contributed by atoms with van der Waals surface area (Å²) in [7, 11) is 0. The molecule has 3 aromatic heterocycles. The van der Waals surface area contributed by atoms with Crippen LogP contribution in [0.15, 0.2) is 55.1 Å². The van der Waals surface area contributed by atoms with Crippen LogP contribution in [0.3, 0.4) is 0 Å². The van der Waals surface area contributed by atoms with Crippen LogP contribution in [-0.2, 0) is 11.4 Å². The molecular formula is C30H34ClN7O2S. The highest BCUT2D eigenvalue weighted by Crippen LogP contribution is 2.49. The van der Waals surface area contributed by atoms with E-state index >= 15 is 0 Å². The van der Waals surface area contributed by atoms with Gasteiger partial charge in [0.25, 0.3) is 0 Å². The zero-order valence-electron chi connectivity index (χ0n) is 23.4. The number of benzene rings is 1. The summed E-state index contributed by atoms with van der Waals surface area (Å²) in [6, 6.07) is 10.3. The number of para-hydroxylation sites is 1. The Balaban J connectivity index is 1.16. The molecule has 1 unspecified atom stereocenters. The third kappa shape index (κ3) is 4.80. The second kappa shape index (κ2) is 10.0. The van der Waals surface area contributed by atoms with E-state index in [2.05, 4.69) is 31.0 Å². The predicted octanol–water partition coefficient (Wildman–Crippen LogP) is 5.54. The minimum Gasteiger partial charge on any atom is -0.598 e. The Bertz CT molecular complexity index is 1590. The number of piperidine rings is 1. The van der Waals surface area contributed by atoms with Gasteiger partial charge in [0.05, 0.1) is 5.02 Å². The maximum absolute atomic E-state index is 13.2. The molecule has 1 aromatic carbocycles. The monoisotopic (exact) mass is 591 g/mol. The van der Waals surface area contributed by atoms with E-state index in [0.29, 0.717) is 16.9 Å². The second-order valence-corrected chi connectivity index (χ2v) is 14.5. The number of rotatable bonds is 6. The first-order valence-electron chi connectivity index (χ1n) is 14.2. The first kappa shape index (κ1) is 26.8. The largest absolute Gasteiger partial charge is 0.598 e. The van der Waals surface area contributed by atoms with Crippen LogP contribution in [0.5, 0.6) is 5.75 Å². The van der Waals surface area contributed by atoms with E-state index in [9.17, 15) is 4.55 Å². The van der Waals surface area contributed by atoms with Crippen molar-refractivity contribution in [3.8, 4) is 16.9 Å². The lowest BCUT2D eigenvalue weighted by Gasteiger charge is -2.42. The number of halogens is 1. The van der Waals surface area contributed by atoms with Crippen molar-refractivity contribution in [3.63, 3.8) is 0 Å². The molecule has 214 valence electrons. The van der Waals surface area contributed by atoms with E-state index in [1.807, 2.05) is 61.8 Å². The zero-order chi connectivity index (χ0) is 28.4. The fourth-order valence-corrected chi connectivity index (χ4v) is 6.99. The third-order valence-electron chi connectivity index (χ3n) is 8.25. The number of fused-ring (bicyclic) bond motifs is 2. The minimum absolute atomic E-state index is 0.156. The van der Waals surface area contributed by atoms with Crippen molar-refractivity contribution < 1.29 is 9.29 Å². The van der Waals surface area contributed by atoms with E-state index in [-0.39, 0.29) is 10.8 Å². The summed E-state index contributed by atoms with van der Waals surface area (Å²) >= 11 is 5.58. The average molecular weight is 592 g/mol. The van der Waals surface area contributed by atoms with Crippen LogP contribution in [0.4, 0.5) is 11.8 Å². The molecule has 1 saturated heterocycles. The zero-order valence-corrected chi connectivity index (χ0v) is 25.0. The van der Waals surface area contributed by atoms with Crippen LogP contribution in [0.1, 0.15) is 58.1 Å². The van der Waals surface area contributed by atoms with Crippen LogP contribution in [0, 0.1) is 0 Å². The Morgan fingerprint density at radius 3 is 2.59 bits per heavy atom. The van der Waals surface area contributed by atoms with Gasteiger partial charge in [-0.15, -0.1) is 4.72 Å². The molecule has 41 heavy (non-hydrogen) atoms. The maximum Gasteiger partial charge on any atom is 0.211 e. The van der Waals surface area contributed by atoms with Crippen molar-refractivity contribution in [1.29, 1.82) is 0 Å². The molecule has 11 heteroatoms. The summed E-state index contributed by atoms with van der Waals surface area (Å²) < 4.78 is 25.0. The topological polar surface area (TPSA) is 103 Å². The summed E-state index contributed by atoms with van der Waals surface area (Å²) in [5.41, 5.74) is 3.11. The maximum atomic E-state index is 13.2. The Kier molecular flexibility index (Phi) is 6.57. The number of nitrogens with zero attached hydrogens (tertiary/aromatic N) is 5. The standard InChI is InChI=1S/C30H34ClN7O2S/c1-29(2,3)41(39)36-25-21-6-4-5-7-23(21)40-30(25)11-15-37(16-12-30)28-34-18-22(27-33-14-17-38(27)28)20-10-13-32-26(24(20)31)35-19-8-9-19/h4-7,10,13-14,17-19,25,36H,8-9,11-12,15-16H2,1-3H3,(H,32,35)/t25-,41?/m1/s1. The van der Waals surface area contributed by atoms with Crippen LogP contribution >= 0.6 is 11.6 Å². The van der Waals surface area contributed by atoms with E-state index in [4.69, 9.17) is 21.3 Å². The van der Waals surface area contributed by atoms with Crippen molar-refractivity contribution >= 4 is 40.4 Å². The number of nitrogens with one attached hydrogen (secondary N) is 2. The molecule has 0 bridgehead atoms. The fourth-order valence-electron chi connectivity index (χ4n) is 5.81. The summed E-state index contributed by atoms with van der Waals surface area (Å²) in [6.07, 6.45) is 11.2. The van der Waals surface area contributed by atoms with Crippen molar-refractivity contribution in [1.82, 2.24) is 24.1 Å². The van der Waals surface area contributed by atoms with Gasteiger partial charge in [-0.2, -0.15) is 0 Å². The van der Waals surface area contributed by atoms with Crippen LogP contribution in [-0.4, -0.2) is 53.4 Å². The van der Waals surface area contributed by atoms with Gasteiger partial charge >= 0.3 is 0 Å². The van der Waals surface area contributed by atoms with Crippen molar-refractivity contribution in [2.45, 2.75) is 68.9 Å². The molecule has 7 rings (SSSR count). The Hall–Kier alpha value is -3.05. The Labute approximate surface area is 248 Å². The van der Waals surface area contributed by atoms with Crippen LogP contribution < -0.4 is 19.7 Å². The molecule has 0 amide bonds. The van der Waals surface area contributed by atoms with Gasteiger partial charge in [0, 0.05) is 84.8 Å². The number of ether oxygens (including phenoxy) is 1. The summed E-state index contributed by atoms with van der Waals surface area (Å²) in [5.74, 6) is 2.40. The normalized spacial score (nSPS) is 20.7. The van der Waals surface area contributed by atoms with Crippen molar-refractivity contribution in [2.75, 3.05) is 23.3 Å². The molecule has 9 nitrogen and oxygen atoms in total. The van der Waals surface area contributed by atoms with E-state index in [1.54, 1.807) is 12.4 Å². The summed E-state index contributed by atoms with van der Waals surface area (Å²) in [4.78, 5) is 16.3. The minimum atomic E-state index is -1.23. The number of anilines is 2. The number of imidazole rings is 1. The molecule has 2 fully saturated rings. The highest BCUT2D eigenvalue weighted by molar-refractivity contribution is 7.90. The molecular weight excluding hydrogens is 558 g/mol. The van der Waals surface area contributed by atoms with Crippen molar-refractivity contribution in [3.05, 3.63) is 65.7 Å². The van der Waals surface area contributed by atoms with Gasteiger partial charge in [-0.1, -0.05) is 29.8 Å². The lowest BCUT2D eigenvalue weighted by atomic mass is 9.83. The third-order valence-corrected chi connectivity index (χ3v) is 10.2. The molecule has 3 aliphatic rings. The van der Waals surface area contributed by atoms with Gasteiger partial charge in [-0.05, 0) is 45.7 Å². The predicted molar refractivity (Wildman–Crippen MR) is 163 cm³/mol. The van der Waals surface area contributed by atoms with Gasteiger partial charge in [-0.3, -0.25) is 4.40 Å². The highest BCUT2D eigenvalue weighted by Gasteiger charge is 2.53. The van der Waals surface area contributed by atoms with E-state index < -0.39 is 17.0 Å². The second-order valence-electron chi connectivity index (χ2n) is 12.2. The van der Waals surface area contributed by atoms with Gasteiger partial charge in [0.15, 0.2) is 0 Å². The fraction of sp³-hybridized carbons (Fsp3) is 0.433. The molecule has 4 aromatic rings. The molecule has 2 aliphatic heterocycles. The van der Waals surface area contributed by atoms with Gasteiger partial charge < -0.3 is 19.5 Å². The molecule has 2 N–H and O–H groups in total.